The van der Waals surface area contributed by atoms with E-state index in [1.54, 1.807) is 29.4 Å². The van der Waals surface area contributed by atoms with E-state index in [1.165, 1.54) is 23.8 Å². The minimum absolute atomic E-state index is 0.0370. The summed E-state index contributed by atoms with van der Waals surface area (Å²) in [5, 5.41) is 11.9. The molecule has 7 rings (SSSR count). The van der Waals surface area contributed by atoms with Gasteiger partial charge in [-0.05, 0) is 49.9 Å². The van der Waals surface area contributed by atoms with Gasteiger partial charge >= 0.3 is 0 Å². The number of pyridine rings is 1. The number of nitrogen functional groups attached to an aromatic ring is 2. The summed E-state index contributed by atoms with van der Waals surface area (Å²) in [5.74, 6) is -0.834. The normalized spacial score (nSPS) is 19.7. The Hall–Kier alpha value is -5.12. The van der Waals surface area contributed by atoms with Crippen molar-refractivity contribution in [1.82, 2.24) is 39.7 Å². The van der Waals surface area contributed by atoms with Crippen molar-refractivity contribution in [2.75, 3.05) is 24.8 Å². The molecule has 1 aromatic carbocycles. The molecule has 232 valence electrons. The Labute approximate surface area is 256 Å². The predicted octanol–water partition coefficient (Wildman–Crippen LogP) is 2.84. The highest BCUT2D eigenvalue weighted by Gasteiger charge is 2.46. The van der Waals surface area contributed by atoms with Crippen molar-refractivity contribution in [1.29, 1.82) is 0 Å². The van der Waals surface area contributed by atoms with Gasteiger partial charge in [0.2, 0.25) is 11.8 Å². The van der Waals surface area contributed by atoms with Crippen molar-refractivity contribution in [3.8, 4) is 28.1 Å². The highest BCUT2D eigenvalue weighted by molar-refractivity contribution is 7.91. The van der Waals surface area contributed by atoms with Crippen LogP contribution >= 0.6 is 0 Å². The van der Waals surface area contributed by atoms with Crippen LogP contribution in [0.4, 0.5) is 16.2 Å². The summed E-state index contributed by atoms with van der Waals surface area (Å²) in [6.07, 6.45) is 6.80. The number of amides is 1. The third-order valence-corrected chi connectivity index (χ3v) is 9.78. The van der Waals surface area contributed by atoms with Gasteiger partial charge in [0, 0.05) is 47.1 Å². The molecule has 16 heteroatoms. The molecule has 2 fully saturated rings. The lowest BCUT2D eigenvalue weighted by Crippen LogP contribution is -2.46. The maximum Gasteiger partial charge on any atom is 0.292 e. The molecule has 2 bridgehead atoms. The maximum atomic E-state index is 14.3. The van der Waals surface area contributed by atoms with Gasteiger partial charge < -0.3 is 26.1 Å². The number of nitrogens with zero attached hydrogens (tertiary/aromatic N) is 7. The zero-order valence-electron chi connectivity index (χ0n) is 24.3. The van der Waals surface area contributed by atoms with Crippen LogP contribution in [0, 0.1) is 5.82 Å². The fourth-order valence-electron chi connectivity index (χ4n) is 6.65. The number of anilines is 2. The molecule has 45 heavy (non-hydrogen) atoms. The predicted molar refractivity (Wildman–Crippen MR) is 161 cm³/mol. The van der Waals surface area contributed by atoms with Gasteiger partial charge in [-0.15, -0.1) is 10.2 Å². The number of piperidine rings is 1. The van der Waals surface area contributed by atoms with Crippen molar-refractivity contribution in [3.05, 3.63) is 60.1 Å². The summed E-state index contributed by atoms with van der Waals surface area (Å²) in [6, 6.07) is 7.87. The third kappa shape index (κ3) is 4.81. The Bertz CT molecular complexity index is 2060. The number of rotatable bonds is 6. The van der Waals surface area contributed by atoms with Crippen LogP contribution in [0.3, 0.4) is 0 Å². The van der Waals surface area contributed by atoms with Crippen molar-refractivity contribution in [2.24, 2.45) is 0 Å². The number of nitrogens with two attached hydrogens (primary N) is 2. The first-order valence-electron chi connectivity index (χ1n) is 14.2. The van der Waals surface area contributed by atoms with Crippen LogP contribution in [0.25, 0.3) is 28.0 Å². The smallest absolute Gasteiger partial charge is 0.292 e. The molecule has 4 aromatic heterocycles. The molecular formula is C29H29FN10O4S. The van der Waals surface area contributed by atoms with E-state index >= 15 is 0 Å². The molecule has 0 unspecified atom stereocenters. The lowest BCUT2D eigenvalue weighted by Gasteiger charge is -2.38. The molecule has 2 aliphatic heterocycles. The molecule has 0 spiro atoms. The van der Waals surface area contributed by atoms with E-state index in [4.69, 9.17) is 21.2 Å². The van der Waals surface area contributed by atoms with Gasteiger partial charge in [-0.1, -0.05) is 6.07 Å². The second-order valence-corrected chi connectivity index (χ2v) is 13.3. The van der Waals surface area contributed by atoms with Crippen molar-refractivity contribution >= 4 is 33.2 Å². The minimum Gasteiger partial charge on any atom is -0.494 e. The summed E-state index contributed by atoms with van der Waals surface area (Å²) in [7, 11) is -2.41. The standard InChI is InChI=1S/C29H29FN10O4S/c1-44-22-8-4-14(11-20(22)30)21-7-3-15(12-33-21)19-13-34-40-25(31)24(45(2,42)43)23(35-27(19)40)16-9-17-5-6-18(10-16)39(17)28(41)26-36-29(32)38-37-26/h3-4,7-8,11-13,16-18H,5-6,9-10,31H2,1-2H3,(H3,32,36,37,38)/t16-,17+,18-. The molecule has 0 radical (unpaired) electrons. The Morgan fingerprint density at radius 1 is 1.07 bits per heavy atom. The number of aromatic nitrogens is 7. The fourth-order valence-corrected chi connectivity index (χ4v) is 7.71. The molecule has 0 aliphatic carbocycles. The lowest BCUT2D eigenvalue weighted by molar-refractivity contribution is 0.0556. The topological polar surface area (TPSA) is 200 Å². The summed E-state index contributed by atoms with van der Waals surface area (Å²) >= 11 is 0. The molecule has 14 nitrogen and oxygen atoms in total. The number of hydrogen-bond acceptors (Lipinski definition) is 11. The molecule has 5 N–H and O–H groups in total. The number of aromatic amines is 1. The first-order valence-corrected chi connectivity index (χ1v) is 16.1. The van der Waals surface area contributed by atoms with Crippen LogP contribution in [0.15, 0.2) is 47.6 Å². The molecule has 2 saturated heterocycles. The van der Waals surface area contributed by atoms with E-state index in [0.717, 1.165) is 19.1 Å². The van der Waals surface area contributed by atoms with E-state index in [1.807, 2.05) is 6.07 Å². The summed E-state index contributed by atoms with van der Waals surface area (Å²) in [5.41, 5.74) is 15.3. The van der Waals surface area contributed by atoms with Gasteiger partial charge in [0.1, 0.15) is 10.7 Å². The number of ether oxygens (including phenoxy) is 1. The largest absolute Gasteiger partial charge is 0.494 e. The number of H-pyrrole nitrogens is 1. The number of carbonyl (C=O) groups is 1. The molecule has 2 aliphatic rings. The number of hydrogen-bond donors (Lipinski definition) is 3. The average molecular weight is 633 g/mol. The Morgan fingerprint density at radius 2 is 1.80 bits per heavy atom. The number of benzene rings is 1. The second kappa shape index (κ2) is 10.5. The zero-order chi connectivity index (χ0) is 31.6. The lowest BCUT2D eigenvalue weighted by atomic mass is 9.87. The van der Waals surface area contributed by atoms with Crippen LogP contribution in [-0.2, 0) is 9.84 Å². The van der Waals surface area contributed by atoms with Crippen LogP contribution in [0.1, 0.15) is 47.9 Å². The van der Waals surface area contributed by atoms with Crippen molar-refractivity contribution in [2.45, 2.75) is 48.6 Å². The van der Waals surface area contributed by atoms with E-state index in [-0.39, 0.29) is 52.1 Å². The van der Waals surface area contributed by atoms with Crippen molar-refractivity contribution < 1.29 is 22.3 Å². The number of methoxy groups -OCH3 is 1. The molecule has 6 heterocycles. The van der Waals surface area contributed by atoms with Crippen LogP contribution < -0.4 is 16.2 Å². The van der Waals surface area contributed by atoms with Gasteiger partial charge in [0.25, 0.3) is 5.91 Å². The van der Waals surface area contributed by atoms with Gasteiger partial charge in [-0.25, -0.2) is 17.8 Å². The van der Waals surface area contributed by atoms with Crippen LogP contribution in [-0.4, -0.2) is 79.4 Å². The van der Waals surface area contributed by atoms with Crippen molar-refractivity contribution in [3.63, 3.8) is 0 Å². The van der Waals surface area contributed by atoms with E-state index < -0.39 is 15.7 Å². The number of fused-ring (bicyclic) bond motifs is 3. The van der Waals surface area contributed by atoms with E-state index in [9.17, 15) is 17.6 Å². The monoisotopic (exact) mass is 632 g/mol. The highest BCUT2D eigenvalue weighted by Crippen LogP contribution is 2.45. The highest BCUT2D eigenvalue weighted by atomic mass is 32.2. The third-order valence-electron chi connectivity index (χ3n) is 8.62. The first-order chi connectivity index (χ1) is 21.5. The quantitative estimate of drug-likeness (QED) is 0.249. The fraction of sp³-hybridized carbons (Fsp3) is 0.310. The Kier molecular flexibility index (Phi) is 6.68. The molecule has 1 amide bonds. The zero-order valence-corrected chi connectivity index (χ0v) is 25.1. The maximum absolute atomic E-state index is 14.3. The summed E-state index contributed by atoms with van der Waals surface area (Å²) < 4.78 is 46.8. The van der Waals surface area contributed by atoms with Crippen LogP contribution in [0.5, 0.6) is 5.75 Å². The second-order valence-electron chi connectivity index (χ2n) is 11.4. The number of halogens is 1. The molecule has 0 saturated carbocycles. The number of nitrogens with one attached hydrogen (secondary N) is 1. The van der Waals surface area contributed by atoms with Gasteiger partial charge in [-0.2, -0.15) is 9.61 Å². The molecule has 5 aromatic rings. The Morgan fingerprint density at radius 3 is 2.40 bits per heavy atom. The van der Waals surface area contributed by atoms with Gasteiger partial charge in [0.05, 0.1) is 24.7 Å². The number of sulfone groups is 1. The van der Waals surface area contributed by atoms with E-state index in [2.05, 4.69) is 25.3 Å². The van der Waals surface area contributed by atoms with E-state index in [0.29, 0.717) is 46.6 Å². The first kappa shape index (κ1) is 28.6. The van der Waals surface area contributed by atoms with Crippen LogP contribution in [0.2, 0.25) is 0 Å². The molecule has 3 atom stereocenters. The SMILES string of the molecule is COc1ccc(-c2ccc(-c3cnn4c(N)c(S(C)(=O)=O)c([C@H]5C[C@H]6CC[C@@H](C5)N6C(=O)c5nnc(N)[nH]5)nc34)cn2)cc1F. The van der Waals surface area contributed by atoms with Gasteiger partial charge in [0.15, 0.2) is 27.1 Å². The van der Waals surface area contributed by atoms with Gasteiger partial charge in [-0.3, -0.25) is 9.78 Å². The minimum atomic E-state index is -3.81. The average Bonchev–Trinajstić information content (AvgIpc) is 3.71. The molecular weight excluding hydrogens is 603 g/mol. The summed E-state index contributed by atoms with van der Waals surface area (Å²) in [4.78, 5) is 27.1. The Balaban J connectivity index is 1.25. The number of carbonyl (C=O) groups excluding carboxylic acids is 1. The summed E-state index contributed by atoms with van der Waals surface area (Å²) in [6.45, 7) is 0.